The van der Waals surface area contributed by atoms with Crippen molar-refractivity contribution < 1.29 is 4.39 Å². The highest BCUT2D eigenvalue weighted by atomic mass is 19.1. The number of halogens is 1. The van der Waals surface area contributed by atoms with Crippen LogP contribution in [0, 0.1) is 12.7 Å². The Bertz CT molecular complexity index is 933. The van der Waals surface area contributed by atoms with E-state index in [0.29, 0.717) is 12.1 Å². The molecule has 26 heavy (non-hydrogen) atoms. The lowest BCUT2D eigenvalue weighted by Gasteiger charge is -2.33. The average molecular weight is 350 g/mol. The summed E-state index contributed by atoms with van der Waals surface area (Å²) in [5, 5.41) is 0. The molecule has 4 nitrogen and oxygen atoms in total. The summed E-state index contributed by atoms with van der Waals surface area (Å²) in [5.41, 5.74) is 10.6. The zero-order chi connectivity index (χ0) is 18.3. The van der Waals surface area contributed by atoms with Crippen molar-refractivity contribution in [3.8, 4) is 0 Å². The van der Waals surface area contributed by atoms with Crippen molar-refractivity contribution in [1.29, 1.82) is 0 Å². The van der Waals surface area contributed by atoms with Crippen LogP contribution in [0.15, 0.2) is 54.9 Å². The van der Waals surface area contributed by atoms with E-state index in [2.05, 4.69) is 35.0 Å². The number of aryl methyl sites for hydroxylation is 2. The molecular weight excluding hydrogens is 327 g/mol. The highest BCUT2D eigenvalue weighted by Crippen LogP contribution is 2.43. The molecule has 2 aromatic carbocycles. The number of rotatable bonds is 4. The molecule has 1 aliphatic heterocycles. The minimum atomic E-state index is -0.295. The average Bonchev–Trinajstić information content (AvgIpc) is 3.22. The number of hydrogen-bond donors (Lipinski definition) is 1. The minimum absolute atomic E-state index is 0.0335. The van der Waals surface area contributed by atoms with Gasteiger partial charge in [-0.05, 0) is 29.7 Å². The zero-order valence-corrected chi connectivity index (χ0v) is 15.1. The molecule has 0 bridgehead atoms. The van der Waals surface area contributed by atoms with Crippen LogP contribution >= 0.6 is 0 Å². The van der Waals surface area contributed by atoms with Crippen molar-refractivity contribution in [2.75, 3.05) is 6.54 Å². The van der Waals surface area contributed by atoms with E-state index in [9.17, 15) is 4.39 Å². The second kappa shape index (κ2) is 6.67. The van der Waals surface area contributed by atoms with Crippen LogP contribution in [0.25, 0.3) is 0 Å². The van der Waals surface area contributed by atoms with Crippen LogP contribution in [-0.2, 0) is 13.6 Å². The van der Waals surface area contributed by atoms with Gasteiger partial charge in [0.2, 0.25) is 0 Å². The lowest BCUT2D eigenvalue weighted by atomic mass is 9.99. The van der Waals surface area contributed by atoms with E-state index in [1.807, 2.05) is 29.9 Å². The number of fused-ring (bicyclic) bond motifs is 1. The van der Waals surface area contributed by atoms with Crippen molar-refractivity contribution in [3.05, 3.63) is 88.8 Å². The maximum atomic E-state index is 14.8. The molecule has 2 N–H and O–H groups in total. The number of hydrogen-bond acceptors (Lipinski definition) is 3. The molecule has 0 spiro atoms. The van der Waals surface area contributed by atoms with Gasteiger partial charge in [0.25, 0.3) is 0 Å². The molecule has 0 fully saturated rings. The summed E-state index contributed by atoms with van der Waals surface area (Å²) in [6, 6.07) is 13.0. The van der Waals surface area contributed by atoms with Crippen molar-refractivity contribution >= 4 is 0 Å². The third-order valence-electron chi connectivity index (χ3n) is 5.40. The van der Waals surface area contributed by atoms with Gasteiger partial charge in [0.05, 0.1) is 6.04 Å². The first-order chi connectivity index (χ1) is 12.6. The summed E-state index contributed by atoms with van der Waals surface area (Å²) < 4.78 is 16.7. The first kappa shape index (κ1) is 16.9. The van der Waals surface area contributed by atoms with Crippen LogP contribution in [0.4, 0.5) is 4.39 Å². The smallest absolute Gasteiger partial charge is 0.130 e. The standard InChI is InChI=1S/C21H23FN4/c1-14-6-5-8-15-17(14)13-26(19(15)12-23)20(21-24-10-11-25(21)2)16-7-3-4-9-18(16)22/h3-11,19-20H,12-13,23H2,1-2H3. The van der Waals surface area contributed by atoms with E-state index in [0.717, 1.165) is 12.4 Å². The monoisotopic (exact) mass is 350 g/mol. The summed E-state index contributed by atoms with van der Waals surface area (Å²) in [7, 11) is 1.95. The van der Waals surface area contributed by atoms with Crippen LogP contribution in [0.2, 0.25) is 0 Å². The SMILES string of the molecule is Cc1cccc2c1CN(C(c1ccccc1F)c1nccn1C)C2CN. The fourth-order valence-corrected chi connectivity index (χ4v) is 4.06. The Morgan fingerprint density at radius 1 is 1.23 bits per heavy atom. The maximum absolute atomic E-state index is 14.8. The Morgan fingerprint density at radius 2 is 2.04 bits per heavy atom. The van der Waals surface area contributed by atoms with Crippen LogP contribution < -0.4 is 5.73 Å². The lowest BCUT2D eigenvalue weighted by molar-refractivity contribution is 0.163. The number of imidazole rings is 1. The Hall–Kier alpha value is -2.50. The van der Waals surface area contributed by atoms with Gasteiger partial charge in [-0.3, -0.25) is 4.90 Å². The molecule has 2 heterocycles. The quantitative estimate of drug-likeness (QED) is 0.784. The molecular formula is C21H23FN4. The van der Waals surface area contributed by atoms with E-state index in [4.69, 9.17) is 5.73 Å². The largest absolute Gasteiger partial charge is 0.336 e. The first-order valence-corrected chi connectivity index (χ1v) is 8.87. The normalized spacial score (nSPS) is 18.1. The van der Waals surface area contributed by atoms with Gasteiger partial charge < -0.3 is 10.3 Å². The summed E-state index contributed by atoms with van der Waals surface area (Å²) in [5.74, 6) is 0.600. The molecule has 4 rings (SSSR count). The highest BCUT2D eigenvalue weighted by molar-refractivity contribution is 5.42. The lowest BCUT2D eigenvalue weighted by Crippen LogP contribution is -2.34. The minimum Gasteiger partial charge on any atom is -0.336 e. The second-order valence-electron chi connectivity index (χ2n) is 6.89. The molecule has 0 aliphatic carbocycles. The van der Waals surface area contributed by atoms with Gasteiger partial charge in [0, 0.05) is 44.1 Å². The molecule has 2 unspecified atom stereocenters. The molecule has 0 saturated heterocycles. The number of aromatic nitrogens is 2. The Kier molecular flexibility index (Phi) is 4.34. The number of benzene rings is 2. The number of nitrogens with zero attached hydrogens (tertiary/aromatic N) is 3. The number of nitrogens with two attached hydrogens (primary N) is 1. The van der Waals surface area contributed by atoms with Crippen LogP contribution in [0.1, 0.15) is 40.2 Å². The maximum Gasteiger partial charge on any atom is 0.130 e. The third-order valence-corrected chi connectivity index (χ3v) is 5.40. The summed E-state index contributed by atoms with van der Waals surface area (Å²) >= 11 is 0. The predicted molar refractivity (Wildman–Crippen MR) is 100.0 cm³/mol. The zero-order valence-electron chi connectivity index (χ0n) is 15.1. The molecule has 1 aromatic heterocycles. The van der Waals surface area contributed by atoms with Gasteiger partial charge >= 0.3 is 0 Å². The van der Waals surface area contributed by atoms with Gasteiger partial charge in [0.1, 0.15) is 11.6 Å². The van der Waals surface area contributed by atoms with Crippen molar-refractivity contribution in [1.82, 2.24) is 14.5 Å². The molecule has 0 saturated carbocycles. The Balaban J connectivity index is 1.87. The van der Waals surface area contributed by atoms with E-state index < -0.39 is 0 Å². The van der Waals surface area contributed by atoms with E-state index in [-0.39, 0.29) is 17.9 Å². The predicted octanol–water partition coefficient (Wildman–Crippen LogP) is 3.47. The van der Waals surface area contributed by atoms with Crippen LogP contribution in [-0.4, -0.2) is 21.0 Å². The summed E-state index contributed by atoms with van der Waals surface area (Å²) in [4.78, 5) is 6.82. The molecule has 134 valence electrons. The summed E-state index contributed by atoms with van der Waals surface area (Å²) in [6.45, 7) is 3.33. The fraction of sp³-hybridized carbons (Fsp3) is 0.286. The molecule has 5 heteroatoms. The van der Waals surface area contributed by atoms with Gasteiger partial charge in [-0.15, -0.1) is 0 Å². The van der Waals surface area contributed by atoms with E-state index in [1.54, 1.807) is 12.3 Å². The topological polar surface area (TPSA) is 47.1 Å². The van der Waals surface area contributed by atoms with E-state index in [1.165, 1.54) is 22.8 Å². The Morgan fingerprint density at radius 3 is 2.73 bits per heavy atom. The fourth-order valence-electron chi connectivity index (χ4n) is 4.06. The van der Waals surface area contributed by atoms with Gasteiger partial charge in [-0.25, -0.2) is 9.37 Å². The van der Waals surface area contributed by atoms with Gasteiger partial charge in [0.15, 0.2) is 0 Å². The van der Waals surface area contributed by atoms with Crippen LogP contribution in [0.3, 0.4) is 0 Å². The van der Waals surface area contributed by atoms with Gasteiger partial charge in [-0.1, -0.05) is 36.4 Å². The Labute approximate surface area is 153 Å². The molecule has 0 radical (unpaired) electrons. The van der Waals surface area contributed by atoms with E-state index >= 15 is 0 Å². The molecule has 3 aromatic rings. The van der Waals surface area contributed by atoms with Crippen molar-refractivity contribution in [2.45, 2.75) is 25.6 Å². The van der Waals surface area contributed by atoms with Crippen LogP contribution in [0.5, 0.6) is 0 Å². The molecule has 1 aliphatic rings. The molecule has 0 amide bonds. The van der Waals surface area contributed by atoms with Crippen molar-refractivity contribution in [2.24, 2.45) is 12.8 Å². The first-order valence-electron chi connectivity index (χ1n) is 8.87. The highest BCUT2D eigenvalue weighted by Gasteiger charge is 2.38. The van der Waals surface area contributed by atoms with Crippen molar-refractivity contribution in [3.63, 3.8) is 0 Å². The second-order valence-corrected chi connectivity index (χ2v) is 6.89. The summed E-state index contributed by atoms with van der Waals surface area (Å²) in [6.07, 6.45) is 3.66. The molecule has 2 atom stereocenters. The third kappa shape index (κ3) is 2.64. The van der Waals surface area contributed by atoms with Gasteiger partial charge in [-0.2, -0.15) is 0 Å².